The van der Waals surface area contributed by atoms with E-state index in [0.717, 1.165) is 28.6 Å². The topological polar surface area (TPSA) is 42.2 Å². The van der Waals surface area contributed by atoms with E-state index < -0.39 is 5.97 Å². The van der Waals surface area contributed by atoms with Crippen LogP contribution in [0.4, 0.5) is 0 Å². The van der Waals surface area contributed by atoms with Gasteiger partial charge >= 0.3 is 5.97 Å². The average molecular weight is 217 g/mol. The predicted octanol–water partition coefficient (Wildman–Crippen LogP) is 2.98. The van der Waals surface area contributed by atoms with Crippen molar-refractivity contribution in [3.05, 3.63) is 35.0 Å². The molecule has 16 heavy (non-hydrogen) atoms. The highest BCUT2D eigenvalue weighted by atomic mass is 16.4. The van der Waals surface area contributed by atoms with Gasteiger partial charge in [0.1, 0.15) is 0 Å². The first-order valence-electron chi connectivity index (χ1n) is 5.38. The van der Waals surface area contributed by atoms with E-state index >= 15 is 0 Å². The van der Waals surface area contributed by atoms with Crippen molar-refractivity contribution in [1.29, 1.82) is 0 Å². The Hall–Kier alpha value is -1.77. The second-order valence-corrected chi connectivity index (χ2v) is 4.04. The van der Waals surface area contributed by atoms with Gasteiger partial charge in [-0.05, 0) is 44.0 Å². The van der Waals surface area contributed by atoms with Gasteiger partial charge in [-0.1, -0.05) is 0 Å². The highest BCUT2D eigenvalue weighted by molar-refractivity contribution is 5.98. The Balaban J connectivity index is 2.86. The maximum Gasteiger partial charge on any atom is 0.335 e. The number of carboxylic acid groups (broad SMARTS) is 1. The predicted molar refractivity (Wildman–Crippen MR) is 64.0 cm³/mol. The van der Waals surface area contributed by atoms with Crippen molar-refractivity contribution < 1.29 is 9.90 Å². The van der Waals surface area contributed by atoms with Crippen LogP contribution in [0.25, 0.3) is 10.9 Å². The van der Waals surface area contributed by atoms with E-state index in [-0.39, 0.29) is 0 Å². The van der Waals surface area contributed by atoms with Crippen molar-refractivity contribution in [3.8, 4) is 0 Å². The third kappa shape index (κ3) is 1.40. The molecule has 1 N–H and O–H groups in total. The first kappa shape index (κ1) is 10.7. The van der Waals surface area contributed by atoms with Crippen LogP contribution < -0.4 is 0 Å². The van der Waals surface area contributed by atoms with Gasteiger partial charge < -0.3 is 9.67 Å². The molecular weight excluding hydrogens is 202 g/mol. The molecule has 0 bridgehead atoms. The molecule has 1 aromatic heterocycles. The summed E-state index contributed by atoms with van der Waals surface area (Å²) in [5, 5.41) is 10.1. The first-order valence-corrected chi connectivity index (χ1v) is 5.38. The minimum Gasteiger partial charge on any atom is -0.478 e. The summed E-state index contributed by atoms with van der Waals surface area (Å²) >= 11 is 0. The van der Waals surface area contributed by atoms with Gasteiger partial charge in [0.2, 0.25) is 0 Å². The number of benzene rings is 1. The van der Waals surface area contributed by atoms with Gasteiger partial charge in [-0.25, -0.2) is 4.79 Å². The molecule has 1 aromatic carbocycles. The van der Waals surface area contributed by atoms with Crippen molar-refractivity contribution in [2.75, 3.05) is 0 Å². The summed E-state index contributed by atoms with van der Waals surface area (Å²) in [7, 11) is 0. The lowest BCUT2D eigenvalue weighted by atomic mass is 10.0. The van der Waals surface area contributed by atoms with E-state index in [4.69, 9.17) is 5.11 Å². The molecule has 3 nitrogen and oxygen atoms in total. The number of aromatic carboxylic acids is 1. The molecule has 0 unspecified atom stereocenters. The fourth-order valence-electron chi connectivity index (χ4n) is 2.24. The molecule has 2 aromatic rings. The largest absolute Gasteiger partial charge is 0.478 e. The number of aryl methyl sites for hydroxylation is 3. The van der Waals surface area contributed by atoms with E-state index in [1.807, 2.05) is 26.1 Å². The summed E-state index contributed by atoms with van der Waals surface area (Å²) in [4.78, 5) is 11.1. The molecule has 0 atom stereocenters. The Labute approximate surface area is 94.3 Å². The summed E-state index contributed by atoms with van der Waals surface area (Å²) in [5.74, 6) is -0.855. The van der Waals surface area contributed by atoms with E-state index in [1.54, 1.807) is 6.07 Å². The second-order valence-electron chi connectivity index (χ2n) is 4.04. The molecule has 0 aliphatic heterocycles. The number of rotatable bonds is 2. The quantitative estimate of drug-likeness (QED) is 0.840. The van der Waals surface area contributed by atoms with Gasteiger partial charge in [0.25, 0.3) is 0 Å². The number of fused-ring (bicyclic) bond motifs is 1. The van der Waals surface area contributed by atoms with Crippen LogP contribution >= 0.6 is 0 Å². The molecule has 0 spiro atoms. The standard InChI is InChI=1S/C13H15NO2/c1-4-14-6-5-10-9(3)11(13(15)16)7-8(2)12(10)14/h5-7H,4H2,1-3H3,(H,15,16). The number of hydrogen-bond donors (Lipinski definition) is 1. The van der Waals surface area contributed by atoms with Crippen LogP contribution in [0.15, 0.2) is 18.3 Å². The molecule has 0 aliphatic rings. The minimum atomic E-state index is -0.855. The SMILES string of the molecule is CCn1ccc2c(C)c(C(=O)O)cc(C)c21. The zero-order valence-corrected chi connectivity index (χ0v) is 9.74. The average Bonchev–Trinajstić information content (AvgIpc) is 2.67. The molecule has 3 heteroatoms. The Morgan fingerprint density at radius 2 is 2.12 bits per heavy atom. The monoisotopic (exact) mass is 217 g/mol. The number of aromatic nitrogens is 1. The molecule has 0 amide bonds. The lowest BCUT2D eigenvalue weighted by Crippen LogP contribution is -2.02. The number of nitrogens with zero attached hydrogens (tertiary/aromatic N) is 1. The van der Waals surface area contributed by atoms with Crippen LogP contribution in [0.5, 0.6) is 0 Å². The summed E-state index contributed by atoms with van der Waals surface area (Å²) in [5.41, 5.74) is 3.41. The van der Waals surface area contributed by atoms with Gasteiger partial charge in [-0.15, -0.1) is 0 Å². The van der Waals surface area contributed by atoms with Gasteiger partial charge in [0, 0.05) is 18.1 Å². The molecule has 2 rings (SSSR count). The Morgan fingerprint density at radius 1 is 1.44 bits per heavy atom. The van der Waals surface area contributed by atoms with Gasteiger partial charge in [0.15, 0.2) is 0 Å². The first-order chi connectivity index (χ1) is 7.56. The molecular formula is C13H15NO2. The molecule has 84 valence electrons. The highest BCUT2D eigenvalue weighted by Crippen LogP contribution is 2.26. The minimum absolute atomic E-state index is 0.402. The molecule has 0 saturated heterocycles. The zero-order chi connectivity index (χ0) is 11.9. The van der Waals surface area contributed by atoms with Crippen LogP contribution in [0.2, 0.25) is 0 Å². The molecule has 0 fully saturated rings. The third-order valence-electron chi connectivity index (χ3n) is 3.08. The molecule has 0 saturated carbocycles. The summed E-state index contributed by atoms with van der Waals surface area (Å²) < 4.78 is 2.14. The number of carboxylic acids is 1. The van der Waals surface area contributed by atoms with Crippen molar-refractivity contribution in [3.63, 3.8) is 0 Å². The third-order valence-corrected chi connectivity index (χ3v) is 3.08. The lowest BCUT2D eigenvalue weighted by molar-refractivity contribution is 0.0696. The van der Waals surface area contributed by atoms with Crippen LogP contribution in [-0.4, -0.2) is 15.6 Å². The van der Waals surface area contributed by atoms with Crippen molar-refractivity contribution in [1.82, 2.24) is 4.57 Å². The number of carbonyl (C=O) groups is 1. The van der Waals surface area contributed by atoms with E-state index in [0.29, 0.717) is 5.56 Å². The smallest absolute Gasteiger partial charge is 0.335 e. The lowest BCUT2D eigenvalue weighted by Gasteiger charge is -2.09. The Bertz CT molecular complexity index is 567. The van der Waals surface area contributed by atoms with Gasteiger partial charge in [-0.2, -0.15) is 0 Å². The normalized spacial score (nSPS) is 10.9. The van der Waals surface area contributed by atoms with Crippen LogP contribution in [-0.2, 0) is 6.54 Å². The fraction of sp³-hybridized carbons (Fsp3) is 0.308. The van der Waals surface area contributed by atoms with E-state index in [1.165, 1.54) is 0 Å². The van der Waals surface area contributed by atoms with Crippen LogP contribution in [0.1, 0.15) is 28.4 Å². The van der Waals surface area contributed by atoms with Crippen molar-refractivity contribution >= 4 is 16.9 Å². The summed E-state index contributed by atoms with van der Waals surface area (Å²) in [6.45, 7) is 6.81. The Morgan fingerprint density at radius 3 is 2.69 bits per heavy atom. The number of hydrogen-bond acceptors (Lipinski definition) is 1. The van der Waals surface area contributed by atoms with E-state index in [2.05, 4.69) is 11.5 Å². The van der Waals surface area contributed by atoms with Gasteiger partial charge in [0.05, 0.1) is 11.1 Å². The summed E-state index contributed by atoms with van der Waals surface area (Å²) in [6.07, 6.45) is 2.01. The fourth-order valence-corrected chi connectivity index (χ4v) is 2.24. The summed E-state index contributed by atoms with van der Waals surface area (Å²) in [6, 6.07) is 3.75. The molecule has 1 heterocycles. The van der Waals surface area contributed by atoms with Gasteiger partial charge in [-0.3, -0.25) is 0 Å². The molecule has 0 radical (unpaired) electrons. The zero-order valence-electron chi connectivity index (χ0n) is 9.74. The molecule has 0 aliphatic carbocycles. The highest BCUT2D eigenvalue weighted by Gasteiger charge is 2.14. The maximum atomic E-state index is 11.1. The second kappa shape index (κ2) is 3.67. The van der Waals surface area contributed by atoms with Crippen molar-refractivity contribution in [2.24, 2.45) is 0 Å². The van der Waals surface area contributed by atoms with Crippen molar-refractivity contribution in [2.45, 2.75) is 27.3 Å². The Kier molecular flexibility index (Phi) is 2.46. The maximum absolute atomic E-state index is 11.1. The van der Waals surface area contributed by atoms with E-state index in [9.17, 15) is 4.79 Å². The van der Waals surface area contributed by atoms with Crippen LogP contribution in [0, 0.1) is 13.8 Å². The van der Waals surface area contributed by atoms with Crippen LogP contribution in [0.3, 0.4) is 0 Å².